The fourth-order valence-corrected chi connectivity index (χ4v) is 1.89. The van der Waals surface area contributed by atoms with Crippen LogP contribution < -0.4 is 0 Å². The molecule has 86 valence electrons. The molecule has 3 heteroatoms. The first-order valence-electron chi connectivity index (χ1n) is 5.30. The zero-order valence-electron chi connectivity index (χ0n) is 9.54. The van der Waals surface area contributed by atoms with E-state index in [1.165, 1.54) is 0 Å². The molecule has 0 aromatic heterocycles. The monoisotopic (exact) mass is 243 g/mol. The van der Waals surface area contributed by atoms with Crippen LogP contribution in [0.1, 0.15) is 5.56 Å². The summed E-state index contributed by atoms with van der Waals surface area (Å²) in [6, 6.07) is 17.1. The van der Waals surface area contributed by atoms with E-state index in [2.05, 4.69) is 0 Å². The molecular weight excluding hydrogens is 230 g/mol. The van der Waals surface area contributed by atoms with E-state index in [1.807, 2.05) is 60.9 Å². The molecule has 0 bridgehead atoms. The molecule has 0 radical (unpaired) electrons. The third-order valence-electron chi connectivity index (χ3n) is 2.39. The average Bonchev–Trinajstić information content (AvgIpc) is 2.40. The number of hydrogen-bond donors (Lipinski definition) is 0. The van der Waals surface area contributed by atoms with Crippen molar-refractivity contribution in [1.82, 2.24) is 0 Å². The normalized spacial score (nSPS) is 11.5. The minimum atomic E-state index is 0.645. The van der Waals surface area contributed by atoms with Crippen molar-refractivity contribution in [3.8, 4) is 0 Å². The second-order valence-electron chi connectivity index (χ2n) is 3.56. The SMILES string of the molecule is CSc1ccc([N+]([O-])=Cc2ccccc2)cc1. The van der Waals surface area contributed by atoms with Crippen LogP contribution in [0.25, 0.3) is 0 Å². The zero-order chi connectivity index (χ0) is 12.1. The van der Waals surface area contributed by atoms with Gasteiger partial charge in [0.2, 0.25) is 5.69 Å². The molecule has 0 aliphatic heterocycles. The number of nitrogens with zero attached hydrogens (tertiary/aromatic N) is 1. The van der Waals surface area contributed by atoms with Crippen LogP contribution in [0.2, 0.25) is 0 Å². The Morgan fingerprint density at radius 2 is 1.65 bits per heavy atom. The highest BCUT2D eigenvalue weighted by atomic mass is 32.2. The minimum absolute atomic E-state index is 0.645. The fraction of sp³-hybridized carbons (Fsp3) is 0.0714. The third-order valence-corrected chi connectivity index (χ3v) is 3.14. The average molecular weight is 243 g/mol. The maximum absolute atomic E-state index is 11.9. The van der Waals surface area contributed by atoms with Gasteiger partial charge in [-0.1, -0.05) is 18.2 Å². The third kappa shape index (κ3) is 3.11. The molecule has 2 nitrogen and oxygen atoms in total. The van der Waals surface area contributed by atoms with Gasteiger partial charge < -0.3 is 5.21 Å². The van der Waals surface area contributed by atoms with Gasteiger partial charge in [-0.15, -0.1) is 11.8 Å². The molecule has 0 spiro atoms. The van der Waals surface area contributed by atoms with E-state index in [4.69, 9.17) is 0 Å². The van der Waals surface area contributed by atoms with Crippen molar-refractivity contribution < 1.29 is 4.74 Å². The summed E-state index contributed by atoms with van der Waals surface area (Å²) in [6.07, 6.45) is 3.59. The molecule has 2 aromatic rings. The van der Waals surface area contributed by atoms with Gasteiger partial charge in [0.15, 0.2) is 6.21 Å². The van der Waals surface area contributed by atoms with E-state index < -0.39 is 0 Å². The van der Waals surface area contributed by atoms with Crippen LogP contribution in [0.4, 0.5) is 5.69 Å². The van der Waals surface area contributed by atoms with Gasteiger partial charge in [-0.25, -0.2) is 0 Å². The van der Waals surface area contributed by atoms with Gasteiger partial charge in [0, 0.05) is 22.6 Å². The Kier molecular flexibility index (Phi) is 3.83. The van der Waals surface area contributed by atoms with Gasteiger partial charge in [-0.2, -0.15) is 4.74 Å². The molecule has 0 amide bonds. The number of rotatable bonds is 3. The fourth-order valence-electron chi connectivity index (χ4n) is 1.48. The molecule has 0 aliphatic carbocycles. The van der Waals surface area contributed by atoms with Crippen molar-refractivity contribution in [3.05, 3.63) is 65.4 Å². The van der Waals surface area contributed by atoms with Crippen LogP contribution in [0.15, 0.2) is 59.5 Å². The summed E-state index contributed by atoms with van der Waals surface area (Å²) in [4.78, 5) is 1.15. The van der Waals surface area contributed by atoms with E-state index in [1.54, 1.807) is 18.0 Å². The van der Waals surface area contributed by atoms with Gasteiger partial charge >= 0.3 is 0 Å². The Bertz CT molecular complexity index is 506. The maximum Gasteiger partial charge on any atom is 0.216 e. The summed E-state index contributed by atoms with van der Waals surface area (Å²) >= 11 is 1.66. The topological polar surface area (TPSA) is 26.1 Å². The zero-order valence-corrected chi connectivity index (χ0v) is 10.4. The van der Waals surface area contributed by atoms with Crippen molar-refractivity contribution >= 4 is 23.7 Å². The second kappa shape index (κ2) is 5.55. The summed E-state index contributed by atoms with van der Waals surface area (Å²) < 4.78 is 0.888. The maximum atomic E-state index is 11.9. The van der Waals surface area contributed by atoms with Crippen LogP contribution in [-0.2, 0) is 0 Å². The highest BCUT2D eigenvalue weighted by Crippen LogP contribution is 2.18. The van der Waals surface area contributed by atoms with Crippen LogP contribution in [0.3, 0.4) is 0 Å². The van der Waals surface area contributed by atoms with Gasteiger partial charge in [0.1, 0.15) is 0 Å². The smallest absolute Gasteiger partial charge is 0.216 e. The lowest BCUT2D eigenvalue weighted by atomic mass is 10.2. The van der Waals surface area contributed by atoms with Crippen LogP contribution in [0, 0.1) is 5.21 Å². The lowest BCUT2D eigenvalue weighted by Gasteiger charge is -2.03. The van der Waals surface area contributed by atoms with Gasteiger partial charge in [0.25, 0.3) is 0 Å². The molecule has 2 rings (SSSR count). The van der Waals surface area contributed by atoms with E-state index in [0.717, 1.165) is 15.2 Å². The van der Waals surface area contributed by atoms with Crippen molar-refractivity contribution in [2.45, 2.75) is 4.90 Å². The van der Waals surface area contributed by atoms with Crippen LogP contribution in [-0.4, -0.2) is 17.2 Å². The molecule has 0 aliphatic rings. The predicted molar refractivity (Wildman–Crippen MR) is 73.1 cm³/mol. The largest absolute Gasteiger partial charge is 0.618 e. The predicted octanol–water partition coefficient (Wildman–Crippen LogP) is 3.67. The molecule has 0 unspecified atom stereocenters. The first-order valence-corrected chi connectivity index (χ1v) is 6.52. The Morgan fingerprint density at radius 1 is 1.00 bits per heavy atom. The van der Waals surface area contributed by atoms with Crippen molar-refractivity contribution in [2.24, 2.45) is 0 Å². The van der Waals surface area contributed by atoms with Gasteiger partial charge in [0.05, 0.1) is 0 Å². The molecule has 17 heavy (non-hydrogen) atoms. The minimum Gasteiger partial charge on any atom is -0.618 e. The lowest BCUT2D eigenvalue weighted by Crippen LogP contribution is -1.98. The van der Waals surface area contributed by atoms with Crippen molar-refractivity contribution in [3.63, 3.8) is 0 Å². The molecule has 0 fully saturated rings. The van der Waals surface area contributed by atoms with E-state index in [-0.39, 0.29) is 0 Å². The Morgan fingerprint density at radius 3 is 2.24 bits per heavy atom. The first-order chi connectivity index (χ1) is 8.29. The molecule has 0 N–H and O–H groups in total. The molecule has 0 saturated carbocycles. The summed E-state index contributed by atoms with van der Waals surface area (Å²) in [5, 5.41) is 11.9. The highest BCUT2D eigenvalue weighted by molar-refractivity contribution is 7.98. The van der Waals surface area contributed by atoms with Crippen LogP contribution in [0.5, 0.6) is 0 Å². The summed E-state index contributed by atoms with van der Waals surface area (Å²) in [5.74, 6) is 0. The van der Waals surface area contributed by atoms with Crippen molar-refractivity contribution in [1.29, 1.82) is 0 Å². The van der Waals surface area contributed by atoms with E-state index in [9.17, 15) is 5.21 Å². The van der Waals surface area contributed by atoms with E-state index >= 15 is 0 Å². The highest BCUT2D eigenvalue weighted by Gasteiger charge is 2.01. The number of hydrogen-bond acceptors (Lipinski definition) is 2. The van der Waals surface area contributed by atoms with Gasteiger partial charge in [-0.05, 0) is 30.5 Å². The standard InChI is InChI=1S/C14H13NOS/c1-17-14-9-7-13(8-10-14)15(16)11-12-5-3-2-4-6-12/h2-11H,1H3. The molecule has 0 atom stereocenters. The summed E-state index contributed by atoms with van der Waals surface area (Å²) in [7, 11) is 0. The second-order valence-corrected chi connectivity index (χ2v) is 4.44. The number of benzene rings is 2. The van der Waals surface area contributed by atoms with E-state index in [0.29, 0.717) is 5.69 Å². The quantitative estimate of drug-likeness (QED) is 0.270. The lowest BCUT2D eigenvalue weighted by molar-refractivity contribution is -0.354. The van der Waals surface area contributed by atoms with Crippen molar-refractivity contribution in [2.75, 3.05) is 6.26 Å². The number of thioether (sulfide) groups is 1. The summed E-state index contributed by atoms with van der Waals surface area (Å²) in [6.45, 7) is 0. The molecule has 0 saturated heterocycles. The summed E-state index contributed by atoms with van der Waals surface area (Å²) in [5.41, 5.74) is 1.54. The molecule has 0 heterocycles. The molecule has 2 aromatic carbocycles. The first kappa shape index (κ1) is 11.7. The molecular formula is C14H13NOS. The van der Waals surface area contributed by atoms with Crippen LogP contribution >= 0.6 is 11.8 Å². The Balaban J connectivity index is 2.24. The Labute approximate surface area is 105 Å². The van der Waals surface area contributed by atoms with Gasteiger partial charge in [-0.3, -0.25) is 0 Å². The Hall–Kier alpha value is -1.74.